The van der Waals surface area contributed by atoms with Crippen molar-refractivity contribution in [3.8, 4) is 6.07 Å². The van der Waals surface area contributed by atoms with E-state index in [9.17, 15) is 15.3 Å². The van der Waals surface area contributed by atoms with Crippen molar-refractivity contribution in [3.05, 3.63) is 28.6 Å². The van der Waals surface area contributed by atoms with Crippen molar-refractivity contribution in [3.63, 3.8) is 0 Å². The van der Waals surface area contributed by atoms with Gasteiger partial charge in [-0.3, -0.25) is 19.3 Å². The molecule has 1 amide bonds. The SMILES string of the molecule is CC[N+]([O-])(NCCN1CSCC1C#N)C1CCN(CC(=O)Nc2ccc(Cl)cn2)CC1. The molecular formula is C20H30ClN7O2S. The standard InChI is InChI=1S/C20H30ClN7O2S/c1-2-28(30,24-7-10-27-15-31-14-17(27)11-22)18-5-8-26(9-6-18)13-20(29)25-19-4-3-16(21)12-23-19/h3-4,12,17-18,24H,2,5-10,13-15H2,1H3,(H,23,25,29). The summed E-state index contributed by atoms with van der Waals surface area (Å²) in [6, 6.07) is 5.58. The van der Waals surface area contributed by atoms with E-state index in [1.807, 2.05) is 6.92 Å². The van der Waals surface area contributed by atoms with Gasteiger partial charge in [-0.2, -0.15) is 10.7 Å². The molecule has 0 bridgehead atoms. The van der Waals surface area contributed by atoms with Crippen molar-refractivity contribution < 1.29 is 9.55 Å². The minimum Gasteiger partial charge on any atom is -0.611 e. The van der Waals surface area contributed by atoms with E-state index >= 15 is 0 Å². The molecule has 0 saturated carbocycles. The van der Waals surface area contributed by atoms with Gasteiger partial charge in [0, 0.05) is 50.3 Å². The summed E-state index contributed by atoms with van der Waals surface area (Å²) < 4.78 is -0.424. The van der Waals surface area contributed by atoms with Crippen LogP contribution >= 0.6 is 23.4 Å². The molecular weight excluding hydrogens is 438 g/mol. The van der Waals surface area contributed by atoms with Gasteiger partial charge in [0.15, 0.2) is 0 Å². The number of carbonyl (C=O) groups excluding carboxylic acids is 1. The smallest absolute Gasteiger partial charge is 0.239 e. The normalized spacial score (nSPS) is 22.7. The van der Waals surface area contributed by atoms with E-state index in [2.05, 4.69) is 31.6 Å². The predicted octanol–water partition coefficient (Wildman–Crippen LogP) is 1.88. The highest BCUT2D eigenvalue weighted by Gasteiger charge is 2.33. The first-order valence-electron chi connectivity index (χ1n) is 10.6. The Morgan fingerprint density at radius 2 is 2.23 bits per heavy atom. The third-order valence-corrected chi connectivity index (χ3v) is 7.17. The van der Waals surface area contributed by atoms with Gasteiger partial charge in [0.1, 0.15) is 17.9 Å². The van der Waals surface area contributed by atoms with Crippen molar-refractivity contribution in [2.75, 3.05) is 56.2 Å². The fraction of sp³-hybridized carbons (Fsp3) is 0.650. The molecule has 0 aliphatic carbocycles. The van der Waals surface area contributed by atoms with Gasteiger partial charge in [0.2, 0.25) is 5.91 Å². The van der Waals surface area contributed by atoms with Gasteiger partial charge in [0.25, 0.3) is 0 Å². The Kier molecular flexibility index (Phi) is 8.92. The molecule has 1 aromatic rings. The number of amides is 1. The highest BCUT2D eigenvalue weighted by Crippen LogP contribution is 2.22. The third kappa shape index (κ3) is 6.76. The highest BCUT2D eigenvalue weighted by atomic mass is 35.5. The van der Waals surface area contributed by atoms with Gasteiger partial charge in [-0.1, -0.05) is 11.6 Å². The lowest BCUT2D eigenvalue weighted by atomic mass is 10.0. The molecule has 2 unspecified atom stereocenters. The summed E-state index contributed by atoms with van der Waals surface area (Å²) in [6.45, 7) is 5.30. The Labute approximate surface area is 192 Å². The van der Waals surface area contributed by atoms with E-state index in [1.54, 1.807) is 23.9 Å². The summed E-state index contributed by atoms with van der Waals surface area (Å²) in [5, 5.41) is 25.9. The average Bonchev–Trinajstić information content (AvgIpc) is 3.23. The summed E-state index contributed by atoms with van der Waals surface area (Å²) in [5.74, 6) is 2.03. The topological polar surface area (TPSA) is 107 Å². The van der Waals surface area contributed by atoms with Crippen LogP contribution < -0.4 is 10.7 Å². The van der Waals surface area contributed by atoms with Crippen molar-refractivity contribution >= 4 is 35.1 Å². The van der Waals surface area contributed by atoms with Crippen LogP contribution in [0.4, 0.5) is 5.82 Å². The molecule has 0 aromatic carbocycles. The van der Waals surface area contributed by atoms with Crippen molar-refractivity contribution in [2.24, 2.45) is 0 Å². The number of halogens is 1. The number of quaternary nitrogens is 1. The lowest BCUT2D eigenvalue weighted by Gasteiger charge is -2.50. The number of thioether (sulfide) groups is 1. The molecule has 3 rings (SSSR count). The number of aromatic nitrogens is 1. The van der Waals surface area contributed by atoms with Crippen LogP contribution in [0.5, 0.6) is 0 Å². The number of anilines is 1. The largest absolute Gasteiger partial charge is 0.611 e. The maximum Gasteiger partial charge on any atom is 0.239 e. The molecule has 2 N–H and O–H groups in total. The molecule has 0 radical (unpaired) electrons. The maximum atomic E-state index is 13.4. The summed E-state index contributed by atoms with van der Waals surface area (Å²) in [6.07, 6.45) is 2.96. The second-order valence-corrected chi connectivity index (χ2v) is 9.33. The van der Waals surface area contributed by atoms with Crippen molar-refractivity contribution in [1.82, 2.24) is 20.2 Å². The number of carbonyl (C=O) groups is 1. The van der Waals surface area contributed by atoms with Gasteiger partial charge in [-0.05, 0) is 19.1 Å². The Morgan fingerprint density at radius 1 is 1.45 bits per heavy atom. The number of nitrogens with zero attached hydrogens (tertiary/aromatic N) is 5. The second kappa shape index (κ2) is 11.4. The number of hydroxylamine groups is 2. The predicted molar refractivity (Wildman–Crippen MR) is 123 cm³/mol. The maximum absolute atomic E-state index is 13.4. The lowest BCUT2D eigenvalue weighted by Crippen LogP contribution is -2.63. The van der Waals surface area contributed by atoms with Gasteiger partial charge < -0.3 is 10.5 Å². The van der Waals surface area contributed by atoms with E-state index in [0.717, 1.165) is 24.5 Å². The van der Waals surface area contributed by atoms with E-state index < -0.39 is 4.76 Å². The number of pyridine rings is 1. The van der Waals surface area contributed by atoms with Crippen molar-refractivity contribution in [2.45, 2.75) is 31.8 Å². The number of rotatable bonds is 9. The molecule has 2 fully saturated rings. The minimum atomic E-state index is -0.424. The molecule has 9 nitrogen and oxygen atoms in total. The number of piperidine rings is 1. The van der Waals surface area contributed by atoms with E-state index in [4.69, 9.17) is 11.6 Å². The van der Waals surface area contributed by atoms with Gasteiger partial charge >= 0.3 is 0 Å². The average molecular weight is 468 g/mol. The molecule has 2 atom stereocenters. The number of nitriles is 1. The highest BCUT2D eigenvalue weighted by molar-refractivity contribution is 7.99. The summed E-state index contributed by atoms with van der Waals surface area (Å²) in [7, 11) is 0. The zero-order valence-corrected chi connectivity index (χ0v) is 19.4. The summed E-state index contributed by atoms with van der Waals surface area (Å²) in [4.78, 5) is 20.6. The molecule has 31 heavy (non-hydrogen) atoms. The fourth-order valence-electron chi connectivity index (χ4n) is 4.03. The van der Waals surface area contributed by atoms with Crippen LogP contribution in [0.3, 0.4) is 0 Å². The minimum absolute atomic E-state index is 0.0399. The van der Waals surface area contributed by atoms with Crippen molar-refractivity contribution in [1.29, 1.82) is 5.26 Å². The number of hydrogen-bond donors (Lipinski definition) is 2. The molecule has 1 aromatic heterocycles. The Morgan fingerprint density at radius 3 is 2.87 bits per heavy atom. The van der Waals surface area contributed by atoms with Crippen LogP contribution in [0.25, 0.3) is 0 Å². The molecule has 0 spiro atoms. The number of likely N-dealkylation sites (tertiary alicyclic amines) is 1. The molecule has 170 valence electrons. The Hall–Kier alpha value is -1.45. The summed E-state index contributed by atoms with van der Waals surface area (Å²) >= 11 is 7.57. The number of hydrogen-bond acceptors (Lipinski definition) is 8. The Bertz CT molecular complexity index is 770. The van der Waals surface area contributed by atoms with E-state index in [0.29, 0.717) is 43.6 Å². The first kappa shape index (κ1) is 24.2. The fourth-order valence-corrected chi connectivity index (χ4v) is 5.30. The van der Waals surface area contributed by atoms with Gasteiger partial charge in [-0.25, -0.2) is 4.98 Å². The van der Waals surface area contributed by atoms with E-state index in [-0.39, 0.29) is 24.5 Å². The summed E-state index contributed by atoms with van der Waals surface area (Å²) in [5.41, 5.74) is 3.18. The Balaban J connectivity index is 1.41. The lowest BCUT2D eigenvalue weighted by molar-refractivity contribution is -0.947. The van der Waals surface area contributed by atoms with Crippen LogP contribution in [0, 0.1) is 16.5 Å². The van der Waals surface area contributed by atoms with Crippen LogP contribution in [0.2, 0.25) is 5.02 Å². The second-order valence-electron chi connectivity index (χ2n) is 7.89. The molecule has 2 aliphatic rings. The van der Waals surface area contributed by atoms with Crippen LogP contribution in [-0.2, 0) is 4.79 Å². The van der Waals surface area contributed by atoms with Crippen LogP contribution in [-0.4, -0.2) is 88.4 Å². The molecule has 2 saturated heterocycles. The zero-order chi connectivity index (χ0) is 22.3. The van der Waals surface area contributed by atoms with Gasteiger partial charge in [-0.15, -0.1) is 11.8 Å². The molecule has 11 heteroatoms. The third-order valence-electron chi connectivity index (χ3n) is 5.88. The number of nitrogens with one attached hydrogen (secondary N) is 2. The first-order chi connectivity index (χ1) is 14.9. The first-order valence-corrected chi connectivity index (χ1v) is 12.2. The van der Waals surface area contributed by atoms with E-state index in [1.165, 1.54) is 6.20 Å². The molecule has 3 heterocycles. The monoisotopic (exact) mass is 467 g/mol. The van der Waals surface area contributed by atoms with Gasteiger partial charge in [0.05, 0.1) is 30.7 Å². The zero-order valence-electron chi connectivity index (χ0n) is 17.8. The quantitative estimate of drug-likeness (QED) is 0.418. The van der Waals surface area contributed by atoms with Crippen LogP contribution in [0.15, 0.2) is 18.3 Å². The molecule has 2 aliphatic heterocycles. The van der Waals surface area contributed by atoms with Crippen LogP contribution in [0.1, 0.15) is 19.8 Å².